The summed E-state index contributed by atoms with van der Waals surface area (Å²) < 4.78 is 1.89. The highest BCUT2D eigenvalue weighted by molar-refractivity contribution is 5.91. The van der Waals surface area contributed by atoms with Gasteiger partial charge in [0.1, 0.15) is 0 Å². The average Bonchev–Trinajstić information content (AvgIpc) is 2.49. The first-order valence-electron chi connectivity index (χ1n) is 4.44. The zero-order valence-corrected chi connectivity index (χ0v) is 8.03. The van der Waals surface area contributed by atoms with E-state index in [1.54, 1.807) is 18.3 Å². The summed E-state index contributed by atoms with van der Waals surface area (Å²) >= 11 is 0. The number of rotatable bonds is 4. The normalized spacial score (nSPS) is 10.9. The molecule has 0 unspecified atom stereocenters. The zero-order valence-electron chi connectivity index (χ0n) is 8.03. The van der Waals surface area contributed by atoms with Crippen molar-refractivity contribution in [3.8, 4) is 0 Å². The molecular formula is C10H14N2O. The van der Waals surface area contributed by atoms with Gasteiger partial charge in [0.05, 0.1) is 5.69 Å². The summed E-state index contributed by atoms with van der Waals surface area (Å²) in [7, 11) is 0. The van der Waals surface area contributed by atoms with E-state index >= 15 is 0 Å². The molecule has 1 aromatic heterocycles. The average molecular weight is 178 g/mol. The predicted octanol–water partition coefficient (Wildman–Crippen LogP) is 1.90. The molecule has 0 aromatic carbocycles. The lowest BCUT2D eigenvalue weighted by atomic mass is 10.3. The molecule has 0 aliphatic carbocycles. The Morgan fingerprint density at radius 1 is 1.69 bits per heavy atom. The number of nitrogens with zero attached hydrogens (tertiary/aromatic N) is 2. The van der Waals surface area contributed by atoms with Crippen LogP contribution in [0, 0.1) is 0 Å². The maximum Gasteiger partial charge on any atom is 0.152 e. The molecule has 0 bridgehead atoms. The summed E-state index contributed by atoms with van der Waals surface area (Å²) in [5, 5.41) is 4.14. The molecule has 0 spiro atoms. The second-order valence-electron chi connectivity index (χ2n) is 2.92. The fraction of sp³-hybridized carbons (Fsp3) is 0.400. The first kappa shape index (κ1) is 9.71. The van der Waals surface area contributed by atoms with Crippen molar-refractivity contribution >= 4 is 11.9 Å². The minimum absolute atomic E-state index is 0.0595. The topological polar surface area (TPSA) is 34.9 Å². The van der Waals surface area contributed by atoms with E-state index in [9.17, 15) is 4.79 Å². The van der Waals surface area contributed by atoms with Gasteiger partial charge in [-0.15, -0.1) is 0 Å². The molecule has 70 valence electrons. The number of carbonyl (C=O) groups is 1. The molecule has 3 heteroatoms. The fourth-order valence-electron chi connectivity index (χ4n) is 1.09. The van der Waals surface area contributed by atoms with Crippen molar-refractivity contribution in [2.45, 2.75) is 26.8 Å². The summed E-state index contributed by atoms with van der Waals surface area (Å²) in [6.07, 6.45) is 6.15. The first-order valence-corrected chi connectivity index (χ1v) is 4.44. The quantitative estimate of drug-likeness (QED) is 0.660. The van der Waals surface area contributed by atoms with Gasteiger partial charge in [-0.1, -0.05) is 6.92 Å². The molecule has 0 saturated carbocycles. The minimum Gasteiger partial charge on any atom is -0.295 e. The zero-order chi connectivity index (χ0) is 9.68. The summed E-state index contributed by atoms with van der Waals surface area (Å²) in [5.74, 6) is 0.0595. The maximum atomic E-state index is 10.7. The van der Waals surface area contributed by atoms with Gasteiger partial charge in [0.25, 0.3) is 0 Å². The highest BCUT2D eigenvalue weighted by Crippen LogP contribution is 2.02. The first-order chi connectivity index (χ1) is 6.24. The molecule has 0 aliphatic heterocycles. The summed E-state index contributed by atoms with van der Waals surface area (Å²) in [6, 6.07) is 1.90. The standard InChI is InChI=1S/C10H14N2O/c1-3-8-12-10(6-7-11-12)5-4-9(2)13/h4-7H,3,8H2,1-2H3/b5-4+. The fourth-order valence-corrected chi connectivity index (χ4v) is 1.09. The van der Waals surface area contributed by atoms with Crippen molar-refractivity contribution < 1.29 is 4.79 Å². The second kappa shape index (κ2) is 4.60. The molecule has 0 aliphatic rings. The maximum absolute atomic E-state index is 10.7. The van der Waals surface area contributed by atoms with Crippen LogP contribution in [0.5, 0.6) is 0 Å². The number of aryl methyl sites for hydroxylation is 1. The van der Waals surface area contributed by atoms with Crippen LogP contribution in [0.2, 0.25) is 0 Å². The Labute approximate surface area is 78.1 Å². The molecule has 0 radical (unpaired) electrons. The van der Waals surface area contributed by atoms with E-state index in [0.717, 1.165) is 18.7 Å². The third kappa shape index (κ3) is 2.86. The molecule has 1 rings (SSSR count). The van der Waals surface area contributed by atoms with Crippen LogP contribution in [0.4, 0.5) is 0 Å². The van der Waals surface area contributed by atoms with Gasteiger partial charge in [-0.25, -0.2) is 0 Å². The third-order valence-corrected chi connectivity index (χ3v) is 1.67. The molecule has 1 heterocycles. The minimum atomic E-state index is 0.0595. The van der Waals surface area contributed by atoms with E-state index in [0.29, 0.717) is 0 Å². The molecule has 0 amide bonds. The molecule has 13 heavy (non-hydrogen) atoms. The Bertz CT molecular complexity index is 312. The van der Waals surface area contributed by atoms with Crippen molar-refractivity contribution in [2.24, 2.45) is 0 Å². The number of aromatic nitrogens is 2. The van der Waals surface area contributed by atoms with Gasteiger partial charge in [-0.2, -0.15) is 5.10 Å². The highest BCUT2D eigenvalue weighted by Gasteiger charge is 1.96. The number of hydrogen-bond donors (Lipinski definition) is 0. The van der Waals surface area contributed by atoms with Crippen LogP contribution in [0.1, 0.15) is 26.0 Å². The Kier molecular flexibility index (Phi) is 3.43. The number of hydrogen-bond acceptors (Lipinski definition) is 2. The summed E-state index contributed by atoms with van der Waals surface area (Å²) in [6.45, 7) is 4.53. The molecule has 0 N–H and O–H groups in total. The predicted molar refractivity (Wildman–Crippen MR) is 52.2 cm³/mol. The van der Waals surface area contributed by atoms with Crippen molar-refractivity contribution in [1.82, 2.24) is 9.78 Å². The lowest BCUT2D eigenvalue weighted by Gasteiger charge is -2.00. The van der Waals surface area contributed by atoms with E-state index in [-0.39, 0.29) is 5.78 Å². The lowest BCUT2D eigenvalue weighted by Crippen LogP contribution is -2.00. The van der Waals surface area contributed by atoms with Gasteiger partial charge in [-0.3, -0.25) is 9.48 Å². The van der Waals surface area contributed by atoms with Crippen LogP contribution in [0.3, 0.4) is 0 Å². The van der Waals surface area contributed by atoms with Gasteiger partial charge in [0, 0.05) is 12.7 Å². The van der Waals surface area contributed by atoms with Gasteiger partial charge in [-0.05, 0) is 31.6 Å². The van der Waals surface area contributed by atoms with E-state index in [4.69, 9.17) is 0 Å². The van der Waals surface area contributed by atoms with Crippen LogP contribution in [-0.4, -0.2) is 15.6 Å². The molecule has 0 saturated heterocycles. The third-order valence-electron chi connectivity index (χ3n) is 1.67. The van der Waals surface area contributed by atoms with Gasteiger partial charge >= 0.3 is 0 Å². The molecule has 0 atom stereocenters. The molecule has 0 fully saturated rings. The van der Waals surface area contributed by atoms with Crippen LogP contribution in [-0.2, 0) is 11.3 Å². The number of ketones is 1. The van der Waals surface area contributed by atoms with Crippen molar-refractivity contribution in [1.29, 1.82) is 0 Å². The second-order valence-corrected chi connectivity index (χ2v) is 2.92. The summed E-state index contributed by atoms with van der Waals surface area (Å²) in [5.41, 5.74) is 0.983. The van der Waals surface area contributed by atoms with Crippen LogP contribution < -0.4 is 0 Å². The monoisotopic (exact) mass is 178 g/mol. The van der Waals surface area contributed by atoms with Crippen molar-refractivity contribution in [3.05, 3.63) is 24.0 Å². The van der Waals surface area contributed by atoms with E-state index in [1.165, 1.54) is 6.92 Å². The Balaban J connectivity index is 2.75. The van der Waals surface area contributed by atoms with Gasteiger partial charge in [0.15, 0.2) is 5.78 Å². The van der Waals surface area contributed by atoms with Crippen molar-refractivity contribution in [2.75, 3.05) is 0 Å². The lowest BCUT2D eigenvalue weighted by molar-refractivity contribution is -0.112. The largest absolute Gasteiger partial charge is 0.295 e. The van der Waals surface area contributed by atoms with E-state index in [1.807, 2.05) is 10.7 Å². The number of carbonyl (C=O) groups excluding carboxylic acids is 1. The van der Waals surface area contributed by atoms with Crippen LogP contribution in [0.25, 0.3) is 6.08 Å². The summed E-state index contributed by atoms with van der Waals surface area (Å²) in [4.78, 5) is 10.7. The molecule has 3 nitrogen and oxygen atoms in total. The molecular weight excluding hydrogens is 164 g/mol. The highest BCUT2D eigenvalue weighted by atomic mass is 16.1. The Morgan fingerprint density at radius 2 is 2.46 bits per heavy atom. The van der Waals surface area contributed by atoms with Gasteiger partial charge < -0.3 is 0 Å². The van der Waals surface area contributed by atoms with Crippen molar-refractivity contribution in [3.63, 3.8) is 0 Å². The van der Waals surface area contributed by atoms with Crippen LogP contribution >= 0.6 is 0 Å². The number of allylic oxidation sites excluding steroid dienone is 1. The Hall–Kier alpha value is -1.38. The van der Waals surface area contributed by atoms with E-state index < -0.39 is 0 Å². The SMILES string of the molecule is CCCn1nccc1/C=C/C(C)=O. The molecule has 1 aromatic rings. The van der Waals surface area contributed by atoms with E-state index in [2.05, 4.69) is 12.0 Å². The Morgan fingerprint density at radius 3 is 3.08 bits per heavy atom. The van der Waals surface area contributed by atoms with Crippen LogP contribution in [0.15, 0.2) is 18.3 Å². The smallest absolute Gasteiger partial charge is 0.152 e. The van der Waals surface area contributed by atoms with Gasteiger partial charge in [0.2, 0.25) is 0 Å².